The Labute approximate surface area is 254 Å². The van der Waals surface area contributed by atoms with Crippen LogP contribution in [0.2, 0.25) is 0 Å². The third-order valence-corrected chi connectivity index (χ3v) is 8.93. The summed E-state index contributed by atoms with van der Waals surface area (Å²) < 4.78 is 25.0. The molecule has 4 aromatic rings. The summed E-state index contributed by atoms with van der Waals surface area (Å²) in [6.45, 7) is 2.45. The average molecular weight is 594 g/mol. The van der Waals surface area contributed by atoms with Crippen LogP contribution in [-0.2, 0) is 24.0 Å². The molecule has 8 nitrogen and oxygen atoms in total. The summed E-state index contributed by atoms with van der Waals surface area (Å²) >= 11 is 0. The van der Waals surface area contributed by atoms with E-state index >= 15 is 0 Å². The summed E-state index contributed by atoms with van der Waals surface area (Å²) in [5.74, 6) is -1.20. The van der Waals surface area contributed by atoms with Crippen molar-refractivity contribution in [3.05, 3.63) is 111 Å². The average Bonchev–Trinajstić information content (AvgIpc) is 3.83. The lowest BCUT2D eigenvalue weighted by Gasteiger charge is -2.16. The van der Waals surface area contributed by atoms with Crippen LogP contribution in [0.15, 0.2) is 65.3 Å². The highest BCUT2D eigenvalue weighted by atomic mass is 19.1. The summed E-state index contributed by atoms with van der Waals surface area (Å²) in [6, 6.07) is 15.6. The minimum absolute atomic E-state index is 0.107. The number of carbonyl (C=O) groups is 3. The van der Waals surface area contributed by atoms with E-state index < -0.39 is 5.97 Å². The van der Waals surface area contributed by atoms with Crippen LogP contribution in [0.4, 0.5) is 4.39 Å². The van der Waals surface area contributed by atoms with Crippen molar-refractivity contribution in [2.45, 2.75) is 57.5 Å². The van der Waals surface area contributed by atoms with Crippen molar-refractivity contribution < 1.29 is 27.9 Å². The van der Waals surface area contributed by atoms with E-state index in [1.54, 1.807) is 30.0 Å². The molecule has 0 bridgehead atoms. The van der Waals surface area contributed by atoms with E-state index in [4.69, 9.17) is 14.1 Å². The summed E-state index contributed by atoms with van der Waals surface area (Å²) in [7, 11) is 0. The van der Waals surface area contributed by atoms with Crippen LogP contribution in [0.1, 0.15) is 97.4 Å². The van der Waals surface area contributed by atoms with Gasteiger partial charge in [-0.3, -0.25) is 14.6 Å². The predicted octanol–water partition coefficient (Wildman–Crippen LogP) is 6.15. The zero-order chi connectivity index (χ0) is 30.4. The second-order valence-electron chi connectivity index (χ2n) is 11.5. The van der Waals surface area contributed by atoms with E-state index in [-0.39, 0.29) is 47.6 Å². The number of hydrogen-bond donors (Lipinski definition) is 1. The van der Waals surface area contributed by atoms with Gasteiger partial charge in [-0.2, -0.15) is 0 Å². The highest BCUT2D eigenvalue weighted by Crippen LogP contribution is 2.46. The molecule has 3 aliphatic rings. The molecule has 0 radical (unpaired) electrons. The molecular formula is C35H32FN3O5. The molecular weight excluding hydrogens is 561 g/mol. The first-order valence-corrected chi connectivity index (χ1v) is 15.2. The number of rotatable bonds is 8. The number of pyridine rings is 1. The van der Waals surface area contributed by atoms with Gasteiger partial charge in [0.2, 0.25) is 0 Å². The Morgan fingerprint density at radius 3 is 2.73 bits per heavy atom. The Balaban J connectivity index is 1.29. The number of benzene rings is 2. The van der Waals surface area contributed by atoms with Crippen LogP contribution in [0.25, 0.3) is 11.3 Å². The van der Waals surface area contributed by atoms with E-state index in [1.807, 2.05) is 18.2 Å². The summed E-state index contributed by atoms with van der Waals surface area (Å²) in [4.78, 5) is 47.5. The maximum Gasteiger partial charge on any atom is 0.340 e. The van der Waals surface area contributed by atoms with E-state index in [0.29, 0.717) is 47.5 Å². The SMILES string of the molecule is CCOC(=O)c1c(CCc2ccc(F)cc2)nc2c(c1-c1cc(C(=O)NC3CCc4ccccc43)co1)C(=O)N1CCC[C@@H]21. The molecule has 1 aliphatic carbocycles. The molecule has 1 saturated heterocycles. The number of esters is 1. The number of furan rings is 1. The first kappa shape index (κ1) is 28.0. The number of halogens is 1. The van der Waals surface area contributed by atoms with Gasteiger partial charge in [0.15, 0.2) is 0 Å². The quantitative estimate of drug-likeness (QED) is 0.246. The smallest absolute Gasteiger partial charge is 0.340 e. The highest BCUT2D eigenvalue weighted by molar-refractivity contribution is 6.10. The molecule has 2 aromatic carbocycles. The first-order valence-electron chi connectivity index (χ1n) is 15.2. The number of aromatic nitrogens is 1. The molecule has 2 aliphatic heterocycles. The van der Waals surface area contributed by atoms with Gasteiger partial charge in [-0.1, -0.05) is 36.4 Å². The van der Waals surface area contributed by atoms with E-state index in [2.05, 4.69) is 11.4 Å². The van der Waals surface area contributed by atoms with E-state index in [0.717, 1.165) is 36.8 Å². The lowest BCUT2D eigenvalue weighted by atomic mass is 9.92. The molecule has 9 heteroatoms. The zero-order valence-electron chi connectivity index (χ0n) is 24.4. The number of nitrogens with one attached hydrogen (secondary N) is 1. The second-order valence-corrected chi connectivity index (χ2v) is 11.5. The molecule has 1 unspecified atom stereocenters. The van der Waals surface area contributed by atoms with Crippen LogP contribution >= 0.6 is 0 Å². The second kappa shape index (κ2) is 11.4. The van der Waals surface area contributed by atoms with Gasteiger partial charge in [-0.15, -0.1) is 0 Å². The lowest BCUT2D eigenvalue weighted by Crippen LogP contribution is -2.26. The van der Waals surface area contributed by atoms with E-state index in [9.17, 15) is 18.8 Å². The fraction of sp³-hybridized carbons (Fsp3) is 0.314. The fourth-order valence-corrected chi connectivity index (χ4v) is 6.85. The third-order valence-electron chi connectivity index (χ3n) is 8.93. The van der Waals surface area contributed by atoms with Crippen molar-refractivity contribution in [3.63, 3.8) is 0 Å². The molecule has 2 aromatic heterocycles. The molecule has 4 heterocycles. The van der Waals surface area contributed by atoms with Gasteiger partial charge in [0, 0.05) is 12.1 Å². The van der Waals surface area contributed by atoms with Crippen molar-refractivity contribution in [1.82, 2.24) is 15.2 Å². The first-order chi connectivity index (χ1) is 21.4. The summed E-state index contributed by atoms with van der Waals surface area (Å²) in [5.41, 5.74) is 5.41. The maximum absolute atomic E-state index is 13.8. The molecule has 1 fully saturated rings. The molecule has 0 spiro atoms. The molecule has 2 amide bonds. The van der Waals surface area contributed by atoms with Crippen LogP contribution in [0.5, 0.6) is 0 Å². The van der Waals surface area contributed by atoms with Crippen molar-refractivity contribution in [2.75, 3.05) is 13.2 Å². The third kappa shape index (κ3) is 4.86. The normalized spacial score (nSPS) is 18.2. The molecule has 7 rings (SSSR count). The monoisotopic (exact) mass is 593 g/mol. The van der Waals surface area contributed by atoms with Gasteiger partial charge >= 0.3 is 5.97 Å². The summed E-state index contributed by atoms with van der Waals surface area (Å²) in [5, 5.41) is 3.12. The Kier molecular flexibility index (Phi) is 7.24. The topological polar surface area (TPSA) is 102 Å². The number of hydrogen-bond acceptors (Lipinski definition) is 6. The number of ether oxygens (including phenoxy) is 1. The van der Waals surface area contributed by atoms with Gasteiger partial charge in [0.05, 0.1) is 46.8 Å². The molecule has 224 valence electrons. The molecule has 1 N–H and O–H groups in total. The minimum Gasteiger partial charge on any atom is -0.463 e. The van der Waals surface area contributed by atoms with Gasteiger partial charge < -0.3 is 19.4 Å². The molecule has 44 heavy (non-hydrogen) atoms. The Hall–Kier alpha value is -4.79. The van der Waals surface area contributed by atoms with Crippen molar-refractivity contribution >= 4 is 17.8 Å². The van der Waals surface area contributed by atoms with Crippen molar-refractivity contribution in [2.24, 2.45) is 0 Å². The van der Waals surface area contributed by atoms with Crippen molar-refractivity contribution in [1.29, 1.82) is 0 Å². The Morgan fingerprint density at radius 1 is 1.09 bits per heavy atom. The zero-order valence-corrected chi connectivity index (χ0v) is 24.4. The maximum atomic E-state index is 13.8. The number of amides is 2. The minimum atomic E-state index is -0.614. The van der Waals surface area contributed by atoms with Crippen LogP contribution in [-0.4, -0.2) is 40.8 Å². The van der Waals surface area contributed by atoms with Crippen molar-refractivity contribution in [3.8, 4) is 11.3 Å². The largest absolute Gasteiger partial charge is 0.463 e. The van der Waals surface area contributed by atoms with E-state index in [1.165, 1.54) is 24.0 Å². The van der Waals surface area contributed by atoms with Gasteiger partial charge in [0.25, 0.3) is 11.8 Å². The molecule has 2 atom stereocenters. The fourth-order valence-electron chi connectivity index (χ4n) is 6.85. The summed E-state index contributed by atoms with van der Waals surface area (Å²) in [6.07, 6.45) is 5.56. The molecule has 0 saturated carbocycles. The van der Waals surface area contributed by atoms with Crippen LogP contribution in [0, 0.1) is 5.82 Å². The standard InChI is InChI=1S/C35H32FN3O5/c1-2-43-35(42)29-26(15-11-20-9-13-23(36)14-10-20)37-32-27-8-5-17-39(27)34(41)31(32)30(29)28-18-22(19-44-28)33(40)38-25-16-12-21-6-3-4-7-24(21)25/h3-4,6-7,9-10,13-14,18-19,25,27H,2,5,8,11-12,15-17H2,1H3,(H,38,40)/t25?,27-/m0/s1. The number of aryl methyl sites for hydroxylation is 3. The Bertz CT molecular complexity index is 1780. The number of fused-ring (bicyclic) bond motifs is 4. The Morgan fingerprint density at radius 2 is 1.91 bits per heavy atom. The van der Waals surface area contributed by atoms with Gasteiger partial charge in [0.1, 0.15) is 17.8 Å². The van der Waals surface area contributed by atoms with Crippen LogP contribution in [0.3, 0.4) is 0 Å². The van der Waals surface area contributed by atoms with Gasteiger partial charge in [-0.25, -0.2) is 9.18 Å². The number of carbonyl (C=O) groups excluding carboxylic acids is 3. The highest BCUT2D eigenvalue weighted by Gasteiger charge is 2.45. The number of nitrogens with zero attached hydrogens (tertiary/aromatic N) is 2. The lowest BCUT2D eigenvalue weighted by molar-refractivity contribution is 0.0525. The van der Waals surface area contributed by atoms with Gasteiger partial charge in [-0.05, 0) is 80.3 Å². The predicted molar refractivity (Wildman–Crippen MR) is 160 cm³/mol. The van der Waals surface area contributed by atoms with Crippen LogP contribution < -0.4 is 5.32 Å².